The van der Waals surface area contributed by atoms with Crippen molar-refractivity contribution in [3.63, 3.8) is 0 Å². The van der Waals surface area contributed by atoms with Gasteiger partial charge in [-0.25, -0.2) is 9.78 Å². The molecule has 1 saturated heterocycles. The van der Waals surface area contributed by atoms with E-state index in [2.05, 4.69) is 44.8 Å². The number of rotatable bonds is 7. The lowest BCUT2D eigenvalue weighted by Gasteiger charge is -2.26. The second-order valence-electron chi connectivity index (χ2n) is 8.26. The van der Waals surface area contributed by atoms with Gasteiger partial charge in [-0.3, -0.25) is 4.90 Å². The second-order valence-corrected chi connectivity index (χ2v) is 8.26. The van der Waals surface area contributed by atoms with Gasteiger partial charge in [0.25, 0.3) is 0 Å². The summed E-state index contributed by atoms with van der Waals surface area (Å²) in [4.78, 5) is 18.9. The Bertz CT molecular complexity index is 945. The maximum absolute atomic E-state index is 12.3. The fourth-order valence-corrected chi connectivity index (χ4v) is 4.00. The van der Waals surface area contributed by atoms with Gasteiger partial charge in [-0.1, -0.05) is 42.8 Å². The first kappa shape index (κ1) is 21.1. The van der Waals surface area contributed by atoms with Crippen molar-refractivity contribution in [2.45, 2.75) is 45.3 Å². The Labute approximate surface area is 184 Å². The van der Waals surface area contributed by atoms with Crippen LogP contribution in [0.3, 0.4) is 0 Å². The first-order valence-corrected chi connectivity index (χ1v) is 11.1. The molecule has 4 rings (SSSR count). The van der Waals surface area contributed by atoms with Crippen LogP contribution in [0, 0.1) is 0 Å². The Morgan fingerprint density at radius 1 is 1.00 bits per heavy atom. The SMILES string of the molecule is CC(NC(=O)NCc1ccc(CN2CCCCC2)cc1)c1ccc(-n2ccnc2)cc1. The molecule has 6 heteroatoms. The number of carbonyl (C=O) groups is 1. The Kier molecular flexibility index (Phi) is 6.99. The molecule has 1 unspecified atom stereocenters. The Morgan fingerprint density at radius 2 is 1.71 bits per heavy atom. The van der Waals surface area contributed by atoms with Gasteiger partial charge in [-0.2, -0.15) is 0 Å². The minimum absolute atomic E-state index is 0.0799. The number of urea groups is 1. The molecule has 0 saturated carbocycles. The zero-order valence-corrected chi connectivity index (χ0v) is 18.1. The van der Waals surface area contributed by atoms with Gasteiger partial charge in [-0.05, 0) is 61.7 Å². The van der Waals surface area contributed by atoms with Gasteiger partial charge in [0.1, 0.15) is 0 Å². The Hall–Kier alpha value is -3.12. The van der Waals surface area contributed by atoms with Gasteiger partial charge in [0, 0.05) is 31.2 Å². The lowest BCUT2D eigenvalue weighted by molar-refractivity contribution is 0.221. The van der Waals surface area contributed by atoms with Crippen LogP contribution in [-0.2, 0) is 13.1 Å². The molecule has 1 atom stereocenters. The van der Waals surface area contributed by atoms with Gasteiger partial charge in [0.15, 0.2) is 0 Å². The molecule has 162 valence electrons. The summed E-state index contributed by atoms with van der Waals surface area (Å²) in [6.45, 7) is 5.93. The molecule has 2 heterocycles. The van der Waals surface area contributed by atoms with Gasteiger partial charge < -0.3 is 15.2 Å². The number of imidazole rings is 1. The highest BCUT2D eigenvalue weighted by molar-refractivity contribution is 5.74. The quantitative estimate of drug-likeness (QED) is 0.598. The summed E-state index contributed by atoms with van der Waals surface area (Å²) in [6.07, 6.45) is 9.41. The zero-order chi connectivity index (χ0) is 21.5. The molecule has 6 nitrogen and oxygen atoms in total. The first-order chi connectivity index (χ1) is 15.2. The molecule has 31 heavy (non-hydrogen) atoms. The molecule has 0 bridgehead atoms. The van der Waals surface area contributed by atoms with Crippen molar-refractivity contribution in [1.29, 1.82) is 0 Å². The van der Waals surface area contributed by atoms with E-state index in [9.17, 15) is 4.79 Å². The number of aromatic nitrogens is 2. The van der Waals surface area contributed by atoms with Gasteiger partial charge in [-0.15, -0.1) is 0 Å². The average Bonchev–Trinajstić information content (AvgIpc) is 3.34. The Morgan fingerprint density at radius 3 is 2.39 bits per heavy atom. The van der Waals surface area contributed by atoms with E-state index in [0.717, 1.165) is 23.4 Å². The fraction of sp³-hybridized carbons (Fsp3) is 0.360. The summed E-state index contributed by atoms with van der Waals surface area (Å²) in [5, 5.41) is 5.97. The zero-order valence-electron chi connectivity index (χ0n) is 18.1. The van der Waals surface area contributed by atoms with Crippen molar-refractivity contribution in [2.24, 2.45) is 0 Å². The van der Waals surface area contributed by atoms with Crippen LogP contribution in [0.5, 0.6) is 0 Å². The van der Waals surface area contributed by atoms with Crippen molar-refractivity contribution in [3.8, 4) is 5.69 Å². The van der Waals surface area contributed by atoms with E-state index in [-0.39, 0.29) is 12.1 Å². The molecule has 3 aromatic rings. The third kappa shape index (κ3) is 5.95. The molecular weight excluding hydrogens is 386 g/mol. The molecule has 0 spiro atoms. The van der Waals surface area contributed by atoms with Gasteiger partial charge >= 0.3 is 6.03 Å². The summed E-state index contributed by atoms with van der Waals surface area (Å²) in [6, 6.07) is 16.4. The fourth-order valence-electron chi connectivity index (χ4n) is 4.00. The Balaban J connectivity index is 1.23. The predicted molar refractivity (Wildman–Crippen MR) is 123 cm³/mol. The highest BCUT2D eigenvalue weighted by Gasteiger charge is 2.11. The predicted octanol–water partition coefficient (Wildman–Crippen LogP) is 4.42. The molecular formula is C25H31N5O. The third-order valence-corrected chi connectivity index (χ3v) is 5.87. The van der Waals surface area contributed by atoms with Crippen molar-refractivity contribution in [1.82, 2.24) is 25.1 Å². The number of benzene rings is 2. The molecule has 1 aliphatic heterocycles. The van der Waals surface area contributed by atoms with Crippen molar-refractivity contribution >= 4 is 6.03 Å². The number of amides is 2. The first-order valence-electron chi connectivity index (χ1n) is 11.1. The van der Waals surface area contributed by atoms with Crippen molar-refractivity contribution in [3.05, 3.63) is 83.9 Å². The molecule has 0 aliphatic carbocycles. The molecule has 1 fully saturated rings. The van der Waals surface area contributed by atoms with Crippen LogP contribution in [-0.4, -0.2) is 33.6 Å². The van der Waals surface area contributed by atoms with Gasteiger partial charge in [0.2, 0.25) is 0 Å². The minimum Gasteiger partial charge on any atom is -0.334 e. The van der Waals surface area contributed by atoms with Crippen LogP contribution >= 0.6 is 0 Å². The maximum Gasteiger partial charge on any atom is 0.315 e. The number of likely N-dealkylation sites (tertiary alicyclic amines) is 1. The lowest BCUT2D eigenvalue weighted by Crippen LogP contribution is -2.36. The van der Waals surface area contributed by atoms with E-state index < -0.39 is 0 Å². The van der Waals surface area contributed by atoms with Crippen LogP contribution in [0.2, 0.25) is 0 Å². The average molecular weight is 418 g/mol. The summed E-state index contributed by atoms with van der Waals surface area (Å²) >= 11 is 0. The molecule has 2 aromatic carbocycles. The maximum atomic E-state index is 12.3. The summed E-state index contributed by atoms with van der Waals surface area (Å²) in [7, 11) is 0. The lowest BCUT2D eigenvalue weighted by atomic mass is 10.1. The van der Waals surface area contributed by atoms with Crippen LogP contribution in [0.25, 0.3) is 5.69 Å². The second kappa shape index (κ2) is 10.3. The van der Waals surface area contributed by atoms with E-state index in [0.29, 0.717) is 6.54 Å². The standard InChI is InChI=1S/C25H31N5O/c1-20(23-9-11-24(12-10-23)30-16-13-26-19-30)28-25(31)27-17-21-5-7-22(8-6-21)18-29-14-3-2-4-15-29/h5-13,16,19-20H,2-4,14-15,17-18H2,1H3,(H2,27,28,31). The number of nitrogens with one attached hydrogen (secondary N) is 2. The molecule has 2 amide bonds. The van der Waals surface area contributed by atoms with E-state index >= 15 is 0 Å². The van der Waals surface area contributed by atoms with Crippen LogP contribution in [0.1, 0.15) is 48.9 Å². The van der Waals surface area contributed by atoms with E-state index in [4.69, 9.17) is 0 Å². The van der Waals surface area contributed by atoms with Crippen LogP contribution in [0.4, 0.5) is 4.79 Å². The molecule has 1 aliphatic rings. The number of nitrogens with zero attached hydrogens (tertiary/aromatic N) is 3. The van der Waals surface area contributed by atoms with Crippen molar-refractivity contribution in [2.75, 3.05) is 13.1 Å². The molecule has 2 N–H and O–H groups in total. The number of hydrogen-bond acceptors (Lipinski definition) is 3. The smallest absolute Gasteiger partial charge is 0.315 e. The van der Waals surface area contributed by atoms with E-state index in [1.807, 2.05) is 42.0 Å². The third-order valence-electron chi connectivity index (χ3n) is 5.87. The number of piperidine rings is 1. The van der Waals surface area contributed by atoms with Gasteiger partial charge in [0.05, 0.1) is 12.4 Å². The molecule has 0 radical (unpaired) electrons. The largest absolute Gasteiger partial charge is 0.334 e. The topological polar surface area (TPSA) is 62.2 Å². The summed E-state index contributed by atoms with van der Waals surface area (Å²) < 4.78 is 1.95. The monoisotopic (exact) mass is 417 g/mol. The number of carbonyl (C=O) groups excluding carboxylic acids is 1. The molecule has 1 aromatic heterocycles. The highest BCUT2D eigenvalue weighted by Crippen LogP contribution is 2.16. The summed E-state index contributed by atoms with van der Waals surface area (Å²) in [5.74, 6) is 0. The summed E-state index contributed by atoms with van der Waals surface area (Å²) in [5.41, 5.74) is 4.54. The van der Waals surface area contributed by atoms with E-state index in [1.54, 1.807) is 12.5 Å². The minimum atomic E-state index is -0.163. The van der Waals surface area contributed by atoms with E-state index in [1.165, 1.54) is 37.9 Å². The van der Waals surface area contributed by atoms with Crippen molar-refractivity contribution < 1.29 is 4.79 Å². The number of hydrogen-bond donors (Lipinski definition) is 2. The van der Waals surface area contributed by atoms with Crippen LogP contribution in [0.15, 0.2) is 67.3 Å². The highest BCUT2D eigenvalue weighted by atomic mass is 16.2. The van der Waals surface area contributed by atoms with Crippen LogP contribution < -0.4 is 10.6 Å². The normalized spacial score (nSPS) is 15.4.